The van der Waals surface area contributed by atoms with Gasteiger partial charge in [0.25, 0.3) is 0 Å². The van der Waals surface area contributed by atoms with Crippen LogP contribution < -0.4 is 10.5 Å². The molecule has 0 atom stereocenters. The molecule has 2 rings (SSSR count). The second kappa shape index (κ2) is 4.37. The average Bonchev–Trinajstić information content (AvgIpc) is 2.77. The van der Waals surface area contributed by atoms with Gasteiger partial charge in [0, 0.05) is 5.56 Å². The lowest BCUT2D eigenvalue weighted by atomic mass is 10.1. The summed E-state index contributed by atoms with van der Waals surface area (Å²) in [6.45, 7) is 2.32. The van der Waals surface area contributed by atoms with Crippen molar-refractivity contribution in [1.82, 2.24) is 4.98 Å². The molecule has 1 aromatic carbocycles. The number of hydrogen-bond donors (Lipinski definition) is 1. The molecule has 84 valence electrons. The minimum absolute atomic E-state index is 0.300. The first-order chi connectivity index (χ1) is 7.74. The number of ether oxygens (including phenoxy) is 1. The van der Waals surface area contributed by atoms with Gasteiger partial charge in [0.1, 0.15) is 17.7 Å². The van der Waals surface area contributed by atoms with E-state index in [0.717, 1.165) is 22.6 Å². The molecule has 4 heteroatoms. The van der Waals surface area contributed by atoms with Crippen LogP contribution in [0.5, 0.6) is 5.75 Å². The average molecular weight is 218 g/mol. The van der Waals surface area contributed by atoms with E-state index in [4.69, 9.17) is 14.9 Å². The van der Waals surface area contributed by atoms with Crippen molar-refractivity contribution in [2.45, 2.75) is 13.5 Å². The van der Waals surface area contributed by atoms with Gasteiger partial charge in [0.05, 0.1) is 13.7 Å². The van der Waals surface area contributed by atoms with Crippen LogP contribution in [-0.2, 0) is 6.54 Å². The highest BCUT2D eigenvalue weighted by atomic mass is 16.5. The van der Waals surface area contributed by atoms with Crippen LogP contribution in [0.2, 0.25) is 0 Å². The molecule has 2 aromatic rings. The minimum atomic E-state index is 0.300. The van der Waals surface area contributed by atoms with Crippen LogP contribution in [0.25, 0.3) is 11.3 Å². The predicted octanol–water partition coefficient (Wildman–Crippen LogP) is 2.12. The first kappa shape index (κ1) is 10.7. The maximum absolute atomic E-state index is 5.45. The van der Waals surface area contributed by atoms with E-state index in [1.165, 1.54) is 0 Å². The second-order valence-corrected chi connectivity index (χ2v) is 3.53. The zero-order valence-corrected chi connectivity index (χ0v) is 9.36. The van der Waals surface area contributed by atoms with Gasteiger partial charge in [-0.1, -0.05) is 11.6 Å². The molecule has 0 fully saturated rings. The van der Waals surface area contributed by atoms with Gasteiger partial charge < -0.3 is 14.9 Å². The maximum Gasteiger partial charge on any atom is 0.208 e. The molecule has 0 aliphatic heterocycles. The molecule has 1 heterocycles. The Kier molecular flexibility index (Phi) is 2.92. The van der Waals surface area contributed by atoms with E-state index < -0.39 is 0 Å². The number of benzene rings is 1. The van der Waals surface area contributed by atoms with E-state index in [0.29, 0.717) is 12.4 Å². The van der Waals surface area contributed by atoms with Gasteiger partial charge in [-0.3, -0.25) is 0 Å². The van der Waals surface area contributed by atoms with Crippen molar-refractivity contribution < 1.29 is 9.15 Å². The summed E-state index contributed by atoms with van der Waals surface area (Å²) in [6, 6.07) is 5.92. The van der Waals surface area contributed by atoms with Crippen molar-refractivity contribution in [1.29, 1.82) is 0 Å². The summed E-state index contributed by atoms with van der Waals surface area (Å²) in [5.41, 5.74) is 8.27. The fourth-order valence-corrected chi connectivity index (χ4v) is 1.55. The number of aryl methyl sites for hydroxylation is 1. The zero-order chi connectivity index (χ0) is 11.5. The number of nitrogens with two attached hydrogens (primary N) is 1. The molecule has 0 radical (unpaired) electrons. The van der Waals surface area contributed by atoms with Crippen molar-refractivity contribution in [3.8, 4) is 17.0 Å². The number of hydrogen-bond acceptors (Lipinski definition) is 4. The monoisotopic (exact) mass is 218 g/mol. The van der Waals surface area contributed by atoms with Gasteiger partial charge >= 0.3 is 0 Å². The number of oxazole rings is 1. The van der Waals surface area contributed by atoms with Gasteiger partial charge in [0.15, 0.2) is 0 Å². The zero-order valence-electron chi connectivity index (χ0n) is 9.36. The minimum Gasteiger partial charge on any atom is -0.496 e. The first-order valence-corrected chi connectivity index (χ1v) is 5.04. The van der Waals surface area contributed by atoms with E-state index >= 15 is 0 Å². The van der Waals surface area contributed by atoms with E-state index in [-0.39, 0.29) is 0 Å². The summed E-state index contributed by atoms with van der Waals surface area (Å²) >= 11 is 0. The number of rotatable bonds is 3. The van der Waals surface area contributed by atoms with Crippen LogP contribution in [0.15, 0.2) is 28.9 Å². The third-order valence-corrected chi connectivity index (χ3v) is 2.36. The Hall–Kier alpha value is -1.81. The smallest absolute Gasteiger partial charge is 0.208 e. The van der Waals surface area contributed by atoms with Crippen molar-refractivity contribution in [2.75, 3.05) is 7.11 Å². The Bertz CT molecular complexity index is 492. The maximum atomic E-state index is 5.45. The third-order valence-electron chi connectivity index (χ3n) is 2.36. The lowest BCUT2D eigenvalue weighted by Crippen LogP contribution is -1.96. The highest BCUT2D eigenvalue weighted by molar-refractivity contribution is 5.67. The number of aromatic nitrogens is 1. The lowest BCUT2D eigenvalue weighted by molar-refractivity contribution is 0.416. The summed E-state index contributed by atoms with van der Waals surface area (Å²) in [6.07, 6.45) is 1.60. The summed E-state index contributed by atoms with van der Waals surface area (Å²) in [4.78, 5) is 4.28. The predicted molar refractivity (Wildman–Crippen MR) is 61.1 cm³/mol. The van der Waals surface area contributed by atoms with Crippen LogP contribution in [-0.4, -0.2) is 12.1 Å². The standard InChI is InChI=1S/C12H14N2O2/c1-8-3-4-11(15-2)9(5-8)10-7-16-12(6-13)14-10/h3-5,7H,6,13H2,1-2H3. The molecule has 0 spiro atoms. The van der Waals surface area contributed by atoms with E-state index in [9.17, 15) is 0 Å². The van der Waals surface area contributed by atoms with Crippen molar-refractivity contribution in [3.05, 3.63) is 35.9 Å². The van der Waals surface area contributed by atoms with Crippen LogP contribution in [0.4, 0.5) is 0 Å². The second-order valence-electron chi connectivity index (χ2n) is 3.53. The largest absolute Gasteiger partial charge is 0.496 e. The van der Waals surface area contributed by atoms with Crippen molar-refractivity contribution in [2.24, 2.45) is 5.73 Å². The first-order valence-electron chi connectivity index (χ1n) is 5.04. The Balaban J connectivity index is 2.49. The van der Waals surface area contributed by atoms with Gasteiger partial charge in [0.2, 0.25) is 5.89 Å². The highest BCUT2D eigenvalue weighted by Crippen LogP contribution is 2.30. The lowest BCUT2D eigenvalue weighted by Gasteiger charge is -2.06. The molecule has 0 aliphatic carbocycles. The summed E-state index contributed by atoms with van der Waals surface area (Å²) < 4.78 is 10.5. The summed E-state index contributed by atoms with van der Waals surface area (Å²) in [5, 5.41) is 0. The molecule has 16 heavy (non-hydrogen) atoms. The molecular formula is C12H14N2O2. The number of nitrogens with zero attached hydrogens (tertiary/aromatic N) is 1. The van der Waals surface area contributed by atoms with Gasteiger partial charge in [-0.05, 0) is 19.1 Å². The molecule has 4 nitrogen and oxygen atoms in total. The quantitative estimate of drug-likeness (QED) is 0.857. The Morgan fingerprint density at radius 1 is 1.44 bits per heavy atom. The third kappa shape index (κ3) is 1.92. The fraction of sp³-hybridized carbons (Fsp3) is 0.250. The summed E-state index contributed by atoms with van der Waals surface area (Å²) in [7, 11) is 1.64. The van der Waals surface area contributed by atoms with Gasteiger partial charge in [-0.2, -0.15) is 0 Å². The number of methoxy groups -OCH3 is 1. The Morgan fingerprint density at radius 2 is 2.25 bits per heavy atom. The highest BCUT2D eigenvalue weighted by Gasteiger charge is 2.10. The Morgan fingerprint density at radius 3 is 2.88 bits per heavy atom. The molecule has 0 saturated carbocycles. The molecule has 0 aliphatic rings. The summed E-state index contributed by atoms with van der Waals surface area (Å²) in [5.74, 6) is 1.31. The Labute approximate surface area is 94.1 Å². The SMILES string of the molecule is COc1ccc(C)cc1-c1coc(CN)n1. The molecule has 0 amide bonds. The van der Waals surface area contributed by atoms with Gasteiger partial charge in [-0.15, -0.1) is 0 Å². The normalized spacial score (nSPS) is 10.4. The molecule has 0 saturated heterocycles. The molecule has 0 bridgehead atoms. The molecule has 0 unspecified atom stereocenters. The molecular weight excluding hydrogens is 204 g/mol. The van der Waals surface area contributed by atoms with Crippen LogP contribution in [0.1, 0.15) is 11.5 Å². The fourth-order valence-electron chi connectivity index (χ4n) is 1.55. The van der Waals surface area contributed by atoms with E-state index in [2.05, 4.69) is 4.98 Å². The van der Waals surface area contributed by atoms with E-state index in [1.807, 2.05) is 25.1 Å². The molecule has 2 N–H and O–H groups in total. The molecule has 1 aromatic heterocycles. The van der Waals surface area contributed by atoms with Gasteiger partial charge in [-0.25, -0.2) is 4.98 Å². The van der Waals surface area contributed by atoms with Crippen molar-refractivity contribution in [3.63, 3.8) is 0 Å². The van der Waals surface area contributed by atoms with Crippen LogP contribution in [0, 0.1) is 6.92 Å². The van der Waals surface area contributed by atoms with E-state index in [1.54, 1.807) is 13.4 Å². The van der Waals surface area contributed by atoms with Crippen molar-refractivity contribution >= 4 is 0 Å². The van der Waals surface area contributed by atoms with Crippen LogP contribution in [0.3, 0.4) is 0 Å². The topological polar surface area (TPSA) is 61.3 Å². The van der Waals surface area contributed by atoms with Crippen LogP contribution >= 0.6 is 0 Å².